The van der Waals surface area contributed by atoms with E-state index in [9.17, 15) is 0 Å². The molecule has 0 aromatic heterocycles. The third-order valence-electron chi connectivity index (χ3n) is 3.66. The van der Waals surface area contributed by atoms with E-state index in [0.29, 0.717) is 17.9 Å². The zero-order valence-corrected chi connectivity index (χ0v) is 14.5. The number of halogens is 1. The molecule has 0 aliphatic heterocycles. The molecule has 0 radical (unpaired) electrons. The maximum atomic E-state index is 5.85. The van der Waals surface area contributed by atoms with Crippen LogP contribution in [0.3, 0.4) is 0 Å². The van der Waals surface area contributed by atoms with E-state index in [2.05, 4.69) is 16.9 Å². The van der Waals surface area contributed by atoms with E-state index in [4.69, 9.17) is 10.5 Å². The Morgan fingerprint density at radius 3 is 2.58 bits per heavy atom. The van der Waals surface area contributed by atoms with Crippen LogP contribution in [0.15, 0.2) is 17.1 Å². The lowest BCUT2D eigenvalue weighted by Gasteiger charge is -2.26. The van der Waals surface area contributed by atoms with Crippen LogP contribution in [-0.2, 0) is 4.74 Å². The van der Waals surface area contributed by atoms with Gasteiger partial charge >= 0.3 is 0 Å². The Morgan fingerprint density at radius 2 is 2.05 bits per heavy atom. The summed E-state index contributed by atoms with van der Waals surface area (Å²) >= 11 is 0. The highest BCUT2D eigenvalue weighted by atomic mass is 127. The number of nitrogens with one attached hydrogen (secondary N) is 1. The minimum absolute atomic E-state index is 0. The van der Waals surface area contributed by atoms with E-state index >= 15 is 0 Å². The van der Waals surface area contributed by atoms with Gasteiger partial charge in [-0.05, 0) is 31.6 Å². The average molecular weight is 381 g/mol. The Morgan fingerprint density at radius 1 is 1.42 bits per heavy atom. The van der Waals surface area contributed by atoms with Crippen molar-refractivity contribution in [1.29, 1.82) is 0 Å². The predicted octanol–water partition coefficient (Wildman–Crippen LogP) is 2.68. The first-order valence-corrected chi connectivity index (χ1v) is 6.75. The Labute approximate surface area is 134 Å². The molecule has 0 bridgehead atoms. The number of hydrogen-bond donors (Lipinski definition) is 2. The lowest BCUT2D eigenvalue weighted by molar-refractivity contribution is 0.141. The lowest BCUT2D eigenvalue weighted by atomic mass is 9.83. The highest BCUT2D eigenvalue weighted by Gasteiger charge is 2.33. The first-order valence-electron chi connectivity index (χ1n) is 6.75. The molecule has 3 N–H and O–H groups in total. The number of rotatable bonds is 7. The van der Waals surface area contributed by atoms with E-state index in [1.807, 2.05) is 6.92 Å². The van der Waals surface area contributed by atoms with Gasteiger partial charge in [0.2, 0.25) is 0 Å². The van der Waals surface area contributed by atoms with Gasteiger partial charge in [0.25, 0.3) is 0 Å². The Balaban J connectivity index is 0.00000324. The second-order valence-electron chi connectivity index (χ2n) is 5.46. The van der Waals surface area contributed by atoms with Gasteiger partial charge in [-0.15, -0.1) is 24.0 Å². The van der Waals surface area contributed by atoms with Gasteiger partial charge in [-0.3, -0.25) is 4.99 Å². The molecular formula is C14H28IN3O. The standard InChI is InChI=1S/C14H27N3O.HI/c1-12(2)10-16-13(15)17-11-14(8-9-18-3)6-4-5-7-14;/h1,4-11H2,2-3H3,(H3,15,16,17);1H. The molecule has 112 valence electrons. The molecule has 0 atom stereocenters. The number of aliphatic imine (C=N–C) groups is 1. The zero-order valence-electron chi connectivity index (χ0n) is 12.2. The van der Waals surface area contributed by atoms with Crippen LogP contribution in [0.2, 0.25) is 0 Å². The van der Waals surface area contributed by atoms with Gasteiger partial charge in [0, 0.05) is 26.8 Å². The van der Waals surface area contributed by atoms with Crippen molar-refractivity contribution in [3.05, 3.63) is 12.2 Å². The Bertz CT molecular complexity index is 299. The Kier molecular flexibility index (Phi) is 9.43. The highest BCUT2D eigenvalue weighted by Crippen LogP contribution is 2.41. The molecule has 1 saturated carbocycles. The predicted molar refractivity (Wildman–Crippen MR) is 92.1 cm³/mol. The van der Waals surface area contributed by atoms with Gasteiger partial charge in [-0.1, -0.05) is 25.0 Å². The third-order valence-corrected chi connectivity index (χ3v) is 3.66. The minimum atomic E-state index is 0. The van der Waals surface area contributed by atoms with Crippen LogP contribution < -0.4 is 11.1 Å². The van der Waals surface area contributed by atoms with E-state index in [0.717, 1.165) is 25.1 Å². The van der Waals surface area contributed by atoms with Crippen molar-refractivity contribution >= 4 is 29.9 Å². The molecular weight excluding hydrogens is 353 g/mol. The lowest BCUT2D eigenvalue weighted by Crippen LogP contribution is -2.34. The molecule has 5 heteroatoms. The first kappa shape index (κ1) is 18.7. The molecule has 0 heterocycles. The molecule has 19 heavy (non-hydrogen) atoms. The molecule has 1 fully saturated rings. The molecule has 1 aliphatic carbocycles. The molecule has 0 saturated heterocycles. The summed E-state index contributed by atoms with van der Waals surface area (Å²) in [5.41, 5.74) is 7.22. The molecule has 0 unspecified atom stereocenters. The SMILES string of the molecule is C=C(C)CNC(N)=NCC1(CCOC)CCCC1.I. The molecule has 1 rings (SSSR count). The molecule has 0 spiro atoms. The van der Waals surface area contributed by atoms with Gasteiger partial charge in [-0.2, -0.15) is 0 Å². The fourth-order valence-electron chi connectivity index (χ4n) is 2.48. The summed E-state index contributed by atoms with van der Waals surface area (Å²) in [6.45, 7) is 8.12. The van der Waals surface area contributed by atoms with Gasteiger partial charge in [-0.25, -0.2) is 0 Å². The van der Waals surface area contributed by atoms with Crippen LogP contribution in [-0.4, -0.2) is 32.8 Å². The molecule has 0 aromatic rings. The van der Waals surface area contributed by atoms with Crippen molar-refractivity contribution in [2.75, 3.05) is 26.8 Å². The van der Waals surface area contributed by atoms with E-state index in [1.54, 1.807) is 7.11 Å². The second-order valence-corrected chi connectivity index (χ2v) is 5.46. The topological polar surface area (TPSA) is 59.6 Å². The summed E-state index contributed by atoms with van der Waals surface area (Å²) in [5.74, 6) is 0.529. The van der Waals surface area contributed by atoms with Crippen LogP contribution in [0.1, 0.15) is 39.0 Å². The smallest absolute Gasteiger partial charge is 0.188 e. The maximum Gasteiger partial charge on any atom is 0.188 e. The summed E-state index contributed by atoms with van der Waals surface area (Å²) < 4.78 is 5.21. The van der Waals surface area contributed by atoms with Crippen molar-refractivity contribution in [2.45, 2.75) is 39.0 Å². The number of nitrogens with zero attached hydrogens (tertiary/aromatic N) is 1. The maximum absolute atomic E-state index is 5.85. The minimum Gasteiger partial charge on any atom is -0.385 e. The monoisotopic (exact) mass is 381 g/mol. The molecule has 4 nitrogen and oxygen atoms in total. The van der Waals surface area contributed by atoms with E-state index in [1.165, 1.54) is 25.7 Å². The summed E-state index contributed by atoms with van der Waals surface area (Å²) in [4.78, 5) is 4.49. The van der Waals surface area contributed by atoms with Crippen molar-refractivity contribution < 1.29 is 4.74 Å². The fraction of sp³-hybridized carbons (Fsp3) is 0.786. The largest absolute Gasteiger partial charge is 0.385 e. The van der Waals surface area contributed by atoms with Crippen LogP contribution in [0, 0.1) is 5.41 Å². The number of hydrogen-bond acceptors (Lipinski definition) is 2. The number of methoxy groups -OCH3 is 1. The van der Waals surface area contributed by atoms with Crippen LogP contribution in [0.5, 0.6) is 0 Å². The van der Waals surface area contributed by atoms with Crippen LogP contribution in [0.4, 0.5) is 0 Å². The average Bonchev–Trinajstić information content (AvgIpc) is 2.81. The number of ether oxygens (including phenoxy) is 1. The fourth-order valence-corrected chi connectivity index (χ4v) is 2.48. The second kappa shape index (κ2) is 9.58. The quantitative estimate of drug-likeness (QED) is 0.309. The number of nitrogens with two attached hydrogens (primary N) is 1. The van der Waals surface area contributed by atoms with E-state index < -0.39 is 0 Å². The van der Waals surface area contributed by atoms with Crippen LogP contribution >= 0.6 is 24.0 Å². The van der Waals surface area contributed by atoms with Gasteiger partial charge < -0.3 is 15.8 Å². The first-order chi connectivity index (χ1) is 8.58. The van der Waals surface area contributed by atoms with Crippen molar-refractivity contribution in [2.24, 2.45) is 16.1 Å². The normalized spacial score (nSPS) is 17.9. The van der Waals surface area contributed by atoms with Crippen molar-refractivity contribution in [3.63, 3.8) is 0 Å². The van der Waals surface area contributed by atoms with Gasteiger partial charge in [0.05, 0.1) is 0 Å². The van der Waals surface area contributed by atoms with Crippen molar-refractivity contribution in [1.82, 2.24) is 5.32 Å². The van der Waals surface area contributed by atoms with E-state index in [-0.39, 0.29) is 24.0 Å². The van der Waals surface area contributed by atoms with Gasteiger partial charge in [0.1, 0.15) is 0 Å². The summed E-state index contributed by atoms with van der Waals surface area (Å²) in [5, 5.41) is 3.08. The molecule has 0 aromatic carbocycles. The third kappa shape index (κ3) is 7.15. The van der Waals surface area contributed by atoms with Crippen LogP contribution in [0.25, 0.3) is 0 Å². The van der Waals surface area contributed by atoms with Gasteiger partial charge in [0.15, 0.2) is 5.96 Å². The zero-order chi connectivity index (χ0) is 13.4. The summed E-state index contributed by atoms with van der Waals surface area (Å²) in [6.07, 6.45) is 6.18. The molecule has 0 amide bonds. The summed E-state index contributed by atoms with van der Waals surface area (Å²) in [6, 6.07) is 0. The van der Waals surface area contributed by atoms with Crippen molar-refractivity contribution in [3.8, 4) is 0 Å². The summed E-state index contributed by atoms with van der Waals surface area (Å²) in [7, 11) is 1.76. The number of guanidine groups is 1. The highest BCUT2D eigenvalue weighted by molar-refractivity contribution is 14.0. The molecule has 1 aliphatic rings. The Hall–Kier alpha value is -0.300.